The highest BCUT2D eigenvalue weighted by molar-refractivity contribution is 5.95. The van der Waals surface area contributed by atoms with Gasteiger partial charge in [0, 0.05) is 43.0 Å². The Balaban J connectivity index is 1.68. The highest BCUT2D eigenvalue weighted by Gasteiger charge is 2.56. The van der Waals surface area contributed by atoms with Crippen molar-refractivity contribution >= 4 is 11.6 Å². The molecule has 1 amide bonds. The summed E-state index contributed by atoms with van der Waals surface area (Å²) < 4.78 is 67.6. The zero-order valence-corrected chi connectivity index (χ0v) is 22.2. The Kier molecular flexibility index (Phi) is 9.31. The number of pyridine rings is 1. The Morgan fingerprint density at radius 2 is 1.78 bits per heavy atom. The Morgan fingerprint density at radius 3 is 2.41 bits per heavy atom. The summed E-state index contributed by atoms with van der Waals surface area (Å²) in [5, 5.41) is 25.4. The number of nitrogens with zero attached hydrogens (tertiary/aromatic N) is 2. The predicted molar refractivity (Wildman–Crippen MR) is 143 cm³/mol. The van der Waals surface area contributed by atoms with Crippen LogP contribution in [0.25, 0.3) is 11.3 Å². The number of carbonyl (C=O) groups excluding carboxylic acids is 1. The molecule has 1 saturated heterocycles. The number of hydrogen-bond donors (Lipinski definition) is 4. The van der Waals surface area contributed by atoms with Crippen LogP contribution in [0.5, 0.6) is 11.5 Å². The summed E-state index contributed by atoms with van der Waals surface area (Å²) >= 11 is 0. The van der Waals surface area contributed by atoms with E-state index in [0.29, 0.717) is 37.4 Å². The van der Waals surface area contributed by atoms with E-state index < -0.39 is 35.7 Å². The lowest BCUT2D eigenvalue weighted by Gasteiger charge is -2.33. The fraction of sp³-hybridized carbons (Fsp3) is 0.357. The molecular formula is C28H30F4N4O5. The number of carbonyl (C=O) groups is 1. The fourth-order valence-corrected chi connectivity index (χ4v) is 4.33. The Bertz CT molecular complexity index is 1350. The molecule has 1 aromatic heterocycles. The number of rotatable bonds is 10. The number of nitrogens with one attached hydrogen (secondary N) is 2. The monoisotopic (exact) mass is 578 g/mol. The lowest BCUT2D eigenvalue weighted by Crippen LogP contribution is -2.51. The normalized spacial score (nSPS) is 15.2. The molecular weight excluding hydrogens is 548 g/mol. The molecule has 0 bridgehead atoms. The van der Waals surface area contributed by atoms with Gasteiger partial charge in [0.05, 0.1) is 31.6 Å². The van der Waals surface area contributed by atoms with Gasteiger partial charge in [0.1, 0.15) is 12.4 Å². The largest absolute Gasteiger partial charge is 0.493 e. The number of benzene rings is 2. The van der Waals surface area contributed by atoms with Gasteiger partial charge < -0.3 is 35.2 Å². The molecule has 0 saturated carbocycles. The molecule has 1 aliphatic rings. The average molecular weight is 579 g/mol. The van der Waals surface area contributed by atoms with Crippen LogP contribution in [-0.4, -0.2) is 80.3 Å². The maximum absolute atomic E-state index is 14.5. The van der Waals surface area contributed by atoms with Crippen LogP contribution >= 0.6 is 0 Å². The Labute approximate surface area is 233 Å². The van der Waals surface area contributed by atoms with Gasteiger partial charge in [0.25, 0.3) is 5.91 Å². The molecule has 1 fully saturated rings. The first-order valence-corrected chi connectivity index (χ1v) is 12.8. The van der Waals surface area contributed by atoms with Crippen molar-refractivity contribution in [1.82, 2.24) is 15.6 Å². The van der Waals surface area contributed by atoms with E-state index in [9.17, 15) is 27.5 Å². The molecule has 1 atom stereocenters. The number of amides is 1. The molecule has 0 radical (unpaired) electrons. The summed E-state index contributed by atoms with van der Waals surface area (Å²) in [6.07, 6.45) is -5.23. The van der Waals surface area contributed by atoms with Crippen molar-refractivity contribution in [2.75, 3.05) is 57.9 Å². The number of halogens is 4. The SMILES string of the molecule is COc1cc(C(=O)NCC(O)(c2cc(N3CCNCC3)cc(-c3ccc(F)cc3)n2)C(F)(F)F)ccc1OCCO. The number of aliphatic hydroxyl groups is 2. The second-order valence-corrected chi connectivity index (χ2v) is 9.32. The van der Waals surface area contributed by atoms with E-state index in [1.165, 1.54) is 49.6 Å². The van der Waals surface area contributed by atoms with Gasteiger partial charge in [-0.2, -0.15) is 13.2 Å². The van der Waals surface area contributed by atoms with Crippen LogP contribution in [0.2, 0.25) is 0 Å². The van der Waals surface area contributed by atoms with Gasteiger partial charge in [-0.3, -0.25) is 4.79 Å². The number of anilines is 1. The van der Waals surface area contributed by atoms with E-state index in [1.54, 1.807) is 6.07 Å². The maximum Gasteiger partial charge on any atom is 0.424 e. The third-order valence-electron chi connectivity index (χ3n) is 6.60. The lowest BCUT2D eigenvalue weighted by molar-refractivity contribution is -0.265. The van der Waals surface area contributed by atoms with Gasteiger partial charge in [-0.25, -0.2) is 9.37 Å². The summed E-state index contributed by atoms with van der Waals surface area (Å²) in [4.78, 5) is 18.9. The summed E-state index contributed by atoms with van der Waals surface area (Å²) in [6, 6.07) is 11.8. The molecule has 1 unspecified atom stereocenters. The van der Waals surface area contributed by atoms with Crippen LogP contribution in [0.3, 0.4) is 0 Å². The van der Waals surface area contributed by atoms with Crippen molar-refractivity contribution in [3.05, 3.63) is 71.7 Å². The number of methoxy groups -OCH3 is 1. The van der Waals surface area contributed by atoms with E-state index in [2.05, 4.69) is 15.6 Å². The van der Waals surface area contributed by atoms with Crippen LogP contribution in [0.4, 0.5) is 23.2 Å². The lowest BCUT2D eigenvalue weighted by atomic mass is 9.96. The minimum Gasteiger partial charge on any atom is -0.493 e. The van der Waals surface area contributed by atoms with Crippen LogP contribution < -0.4 is 25.0 Å². The molecule has 9 nitrogen and oxygen atoms in total. The maximum atomic E-state index is 14.5. The van der Waals surface area contributed by atoms with Gasteiger partial charge in [-0.05, 0) is 54.6 Å². The highest BCUT2D eigenvalue weighted by Crippen LogP contribution is 2.40. The minimum atomic E-state index is -5.23. The van der Waals surface area contributed by atoms with Crippen LogP contribution in [0.15, 0.2) is 54.6 Å². The number of hydrogen-bond acceptors (Lipinski definition) is 8. The third kappa shape index (κ3) is 6.87. The summed E-state index contributed by atoms with van der Waals surface area (Å²) in [7, 11) is 1.32. The first-order chi connectivity index (χ1) is 19.6. The first kappa shape index (κ1) is 30.0. The van der Waals surface area contributed by atoms with Crippen LogP contribution in [-0.2, 0) is 5.60 Å². The van der Waals surface area contributed by atoms with Gasteiger partial charge >= 0.3 is 6.18 Å². The van der Waals surface area contributed by atoms with Gasteiger partial charge in [0.15, 0.2) is 11.5 Å². The van der Waals surface area contributed by atoms with E-state index in [0.717, 1.165) is 6.07 Å². The van der Waals surface area contributed by atoms with Crippen molar-refractivity contribution < 1.29 is 42.0 Å². The molecule has 4 rings (SSSR count). The predicted octanol–water partition coefficient (Wildman–Crippen LogP) is 2.86. The summed E-state index contributed by atoms with van der Waals surface area (Å²) in [6.45, 7) is 0.712. The van der Waals surface area contributed by atoms with E-state index in [-0.39, 0.29) is 36.0 Å². The molecule has 13 heteroatoms. The van der Waals surface area contributed by atoms with Gasteiger partial charge in [0.2, 0.25) is 5.60 Å². The quantitative estimate of drug-likeness (QED) is 0.272. The van der Waals surface area contributed by atoms with Crippen LogP contribution in [0.1, 0.15) is 16.1 Å². The second-order valence-electron chi connectivity index (χ2n) is 9.32. The van der Waals surface area contributed by atoms with Crippen molar-refractivity contribution in [3.8, 4) is 22.8 Å². The summed E-state index contributed by atoms with van der Waals surface area (Å²) in [5.74, 6) is -1.07. The van der Waals surface area contributed by atoms with Crippen molar-refractivity contribution in [2.24, 2.45) is 0 Å². The molecule has 0 aliphatic carbocycles. The molecule has 2 aromatic carbocycles. The third-order valence-corrected chi connectivity index (χ3v) is 6.60. The fourth-order valence-electron chi connectivity index (χ4n) is 4.33. The first-order valence-electron chi connectivity index (χ1n) is 12.8. The van der Waals surface area contributed by atoms with Crippen LogP contribution in [0, 0.1) is 5.82 Å². The molecule has 0 spiro atoms. The number of piperazine rings is 1. The summed E-state index contributed by atoms with van der Waals surface area (Å²) in [5.41, 5.74) is -3.46. The Morgan fingerprint density at radius 1 is 1.07 bits per heavy atom. The van der Waals surface area contributed by atoms with Gasteiger partial charge in [-0.15, -0.1) is 0 Å². The highest BCUT2D eigenvalue weighted by atomic mass is 19.4. The zero-order chi connectivity index (χ0) is 29.6. The molecule has 4 N–H and O–H groups in total. The number of aliphatic hydroxyl groups excluding tert-OH is 1. The minimum absolute atomic E-state index is 0.0273. The molecule has 1 aliphatic heterocycles. The zero-order valence-electron chi connectivity index (χ0n) is 22.2. The molecule has 3 aromatic rings. The van der Waals surface area contributed by atoms with Crippen molar-refractivity contribution in [1.29, 1.82) is 0 Å². The van der Waals surface area contributed by atoms with E-state index >= 15 is 0 Å². The number of ether oxygens (including phenoxy) is 2. The van der Waals surface area contributed by atoms with Crippen molar-refractivity contribution in [2.45, 2.75) is 11.8 Å². The number of alkyl halides is 3. The number of aromatic nitrogens is 1. The standard InChI is InChI=1S/C28H30F4N4O5/c1-40-24-14-19(4-7-23(24)41-13-12-37)26(38)34-17-27(39,28(30,31)32)25-16-21(36-10-8-33-9-11-36)15-22(35-25)18-2-5-20(29)6-3-18/h2-7,14-16,33,37,39H,8-13,17H2,1H3,(H,34,38). The Hall–Kier alpha value is -3.94. The van der Waals surface area contributed by atoms with E-state index in [1.807, 2.05) is 4.90 Å². The smallest absolute Gasteiger partial charge is 0.424 e. The van der Waals surface area contributed by atoms with E-state index in [4.69, 9.17) is 14.6 Å². The molecule has 2 heterocycles. The second kappa shape index (κ2) is 12.7. The molecule has 220 valence electrons. The van der Waals surface area contributed by atoms with Crippen molar-refractivity contribution in [3.63, 3.8) is 0 Å². The average Bonchev–Trinajstić information content (AvgIpc) is 2.98. The van der Waals surface area contributed by atoms with Gasteiger partial charge in [-0.1, -0.05) is 0 Å². The molecule has 41 heavy (non-hydrogen) atoms. The topological polar surface area (TPSA) is 116 Å².